The van der Waals surface area contributed by atoms with E-state index in [0.29, 0.717) is 30.9 Å². The van der Waals surface area contributed by atoms with Crippen LogP contribution < -0.4 is 14.8 Å². The number of carbonyl (C=O) groups is 1. The summed E-state index contributed by atoms with van der Waals surface area (Å²) in [5, 5.41) is 3.08. The number of amides is 1. The molecule has 1 aliphatic rings. The molecule has 1 saturated carbocycles. The van der Waals surface area contributed by atoms with Gasteiger partial charge < -0.3 is 19.5 Å². The number of ether oxygens (including phenoxy) is 3. The number of benzene rings is 1. The highest BCUT2D eigenvalue weighted by atomic mass is 35.5. The molecule has 0 saturated heterocycles. The highest BCUT2D eigenvalue weighted by Crippen LogP contribution is 2.35. The van der Waals surface area contributed by atoms with Gasteiger partial charge in [0, 0.05) is 13.0 Å². The van der Waals surface area contributed by atoms with Crippen molar-refractivity contribution in [1.29, 1.82) is 0 Å². The first-order chi connectivity index (χ1) is 14.4. The van der Waals surface area contributed by atoms with Gasteiger partial charge in [-0.3, -0.25) is 4.79 Å². The van der Waals surface area contributed by atoms with Crippen LogP contribution in [0, 0.1) is 5.92 Å². The quantitative estimate of drug-likeness (QED) is 0.610. The van der Waals surface area contributed by atoms with Crippen molar-refractivity contribution in [2.45, 2.75) is 51.9 Å². The maximum Gasteiger partial charge on any atom is 0.240 e. The van der Waals surface area contributed by atoms with Gasteiger partial charge in [0.15, 0.2) is 5.02 Å². The van der Waals surface area contributed by atoms with Crippen molar-refractivity contribution in [3.05, 3.63) is 47.2 Å². The van der Waals surface area contributed by atoms with Crippen molar-refractivity contribution in [1.82, 2.24) is 15.3 Å². The fraction of sp³-hybridized carbons (Fsp3) is 0.500. The van der Waals surface area contributed by atoms with Crippen LogP contribution in [-0.2, 0) is 9.53 Å². The smallest absolute Gasteiger partial charge is 0.240 e. The van der Waals surface area contributed by atoms with Crippen molar-refractivity contribution in [3.63, 3.8) is 0 Å². The molecule has 3 rings (SSSR count). The zero-order valence-electron chi connectivity index (χ0n) is 17.5. The van der Waals surface area contributed by atoms with Crippen LogP contribution >= 0.6 is 11.6 Å². The van der Waals surface area contributed by atoms with E-state index in [9.17, 15) is 4.79 Å². The first kappa shape index (κ1) is 22.3. The summed E-state index contributed by atoms with van der Waals surface area (Å²) < 4.78 is 17.5. The normalized spacial score (nSPS) is 20.0. The Bertz CT molecular complexity index is 830. The molecule has 1 aromatic heterocycles. The zero-order chi connectivity index (χ0) is 21.5. The van der Waals surface area contributed by atoms with Crippen LogP contribution in [0.15, 0.2) is 36.7 Å². The van der Waals surface area contributed by atoms with Gasteiger partial charge in [0.25, 0.3) is 0 Å². The van der Waals surface area contributed by atoms with Crippen LogP contribution in [-0.4, -0.2) is 41.2 Å². The Balaban J connectivity index is 1.43. The molecule has 0 bridgehead atoms. The maximum atomic E-state index is 11.0. The summed E-state index contributed by atoms with van der Waals surface area (Å²) >= 11 is 6.41. The molecule has 1 amide bonds. The minimum Gasteiger partial charge on any atom is -0.476 e. The maximum absolute atomic E-state index is 11.0. The first-order valence-electron chi connectivity index (χ1n) is 10.2. The predicted octanol–water partition coefficient (Wildman–Crippen LogP) is 3.97. The summed E-state index contributed by atoms with van der Waals surface area (Å²) in [4.78, 5) is 19.3. The summed E-state index contributed by atoms with van der Waals surface area (Å²) in [7, 11) is 0. The van der Waals surface area contributed by atoms with Crippen molar-refractivity contribution in [3.8, 4) is 11.8 Å². The lowest BCUT2D eigenvalue weighted by molar-refractivity contribution is -0.120. The molecule has 8 heteroatoms. The molecule has 162 valence electrons. The Morgan fingerprint density at radius 2 is 1.90 bits per heavy atom. The third-order valence-electron chi connectivity index (χ3n) is 4.96. The number of nitrogens with zero attached hydrogens (tertiary/aromatic N) is 2. The molecular weight excluding hydrogens is 406 g/mol. The Morgan fingerprint density at radius 3 is 2.60 bits per heavy atom. The van der Waals surface area contributed by atoms with E-state index in [1.54, 1.807) is 0 Å². The molecule has 0 spiro atoms. The van der Waals surface area contributed by atoms with E-state index in [4.69, 9.17) is 25.8 Å². The van der Waals surface area contributed by atoms with Crippen LogP contribution in [0.5, 0.6) is 11.8 Å². The van der Waals surface area contributed by atoms with Crippen molar-refractivity contribution >= 4 is 17.5 Å². The molecule has 7 nitrogen and oxygen atoms in total. The zero-order valence-corrected chi connectivity index (χ0v) is 18.3. The van der Waals surface area contributed by atoms with Gasteiger partial charge in [-0.15, -0.1) is 0 Å². The largest absolute Gasteiger partial charge is 0.476 e. The number of rotatable bonds is 10. The van der Waals surface area contributed by atoms with E-state index in [-0.39, 0.29) is 29.2 Å². The fourth-order valence-electron chi connectivity index (χ4n) is 3.29. The second kappa shape index (κ2) is 10.6. The lowest BCUT2D eigenvalue weighted by atomic mass is 9.83. The van der Waals surface area contributed by atoms with Crippen LogP contribution in [0.4, 0.5) is 0 Å². The Kier molecular flexibility index (Phi) is 7.87. The number of hydrogen-bond acceptors (Lipinski definition) is 6. The number of carbonyl (C=O) groups excluding carboxylic acids is 1. The molecule has 0 aliphatic heterocycles. The van der Waals surface area contributed by atoms with E-state index in [2.05, 4.69) is 15.3 Å². The molecule has 1 unspecified atom stereocenters. The Morgan fingerprint density at radius 1 is 1.20 bits per heavy atom. The van der Waals surface area contributed by atoms with Crippen molar-refractivity contribution < 1.29 is 19.0 Å². The average Bonchev–Trinajstić information content (AvgIpc) is 2.69. The van der Waals surface area contributed by atoms with E-state index < -0.39 is 0 Å². The average molecular weight is 434 g/mol. The lowest BCUT2D eigenvalue weighted by Gasteiger charge is -2.35. The Labute approximate surface area is 182 Å². The molecule has 1 aliphatic carbocycles. The van der Waals surface area contributed by atoms with Gasteiger partial charge in [0.05, 0.1) is 19.3 Å². The van der Waals surface area contributed by atoms with E-state index >= 15 is 0 Å². The van der Waals surface area contributed by atoms with Gasteiger partial charge in [0.1, 0.15) is 12.4 Å². The minimum absolute atomic E-state index is 0.00863. The topological polar surface area (TPSA) is 82.6 Å². The molecule has 1 heterocycles. The highest BCUT2D eigenvalue weighted by Gasteiger charge is 2.31. The van der Waals surface area contributed by atoms with Gasteiger partial charge in [-0.05, 0) is 38.2 Å². The summed E-state index contributed by atoms with van der Waals surface area (Å²) in [5.41, 5.74) is 1.03. The van der Waals surface area contributed by atoms with Gasteiger partial charge in [-0.25, -0.2) is 9.97 Å². The summed E-state index contributed by atoms with van der Waals surface area (Å²) in [6, 6.07) is 9.86. The molecule has 1 N–H and O–H groups in total. The summed E-state index contributed by atoms with van der Waals surface area (Å²) in [6.45, 7) is 6.39. The molecule has 2 atom stereocenters. The van der Waals surface area contributed by atoms with Gasteiger partial charge in [-0.1, -0.05) is 41.9 Å². The van der Waals surface area contributed by atoms with Crippen LogP contribution in [0.2, 0.25) is 5.02 Å². The lowest BCUT2D eigenvalue weighted by Crippen LogP contribution is -2.40. The van der Waals surface area contributed by atoms with Crippen LogP contribution in [0.1, 0.15) is 45.3 Å². The van der Waals surface area contributed by atoms with Gasteiger partial charge >= 0.3 is 0 Å². The number of hydrogen-bond donors (Lipinski definition) is 1. The van der Waals surface area contributed by atoms with Crippen LogP contribution in [0.25, 0.3) is 0 Å². The number of nitrogens with one attached hydrogen (secondary N) is 1. The predicted molar refractivity (Wildman–Crippen MR) is 114 cm³/mol. The SMILES string of the molecule is CC(=O)N[C@@H](C)COC1CC(COc2ncnc(OC(C)c3ccccc3)c2Cl)C1. The van der Waals surface area contributed by atoms with Gasteiger partial charge in [0.2, 0.25) is 17.7 Å². The monoisotopic (exact) mass is 433 g/mol. The highest BCUT2D eigenvalue weighted by molar-refractivity contribution is 6.33. The first-order valence-corrected chi connectivity index (χ1v) is 10.5. The number of halogens is 1. The minimum atomic E-state index is -0.198. The van der Waals surface area contributed by atoms with Crippen molar-refractivity contribution in [2.24, 2.45) is 5.92 Å². The molecular formula is C22H28ClN3O4. The summed E-state index contributed by atoms with van der Waals surface area (Å²) in [6.07, 6.45) is 3.20. The third-order valence-corrected chi connectivity index (χ3v) is 5.29. The molecule has 2 aromatic rings. The molecule has 30 heavy (non-hydrogen) atoms. The second-order valence-corrected chi connectivity index (χ2v) is 8.05. The Hall–Kier alpha value is -2.38. The van der Waals surface area contributed by atoms with E-state index in [1.807, 2.05) is 44.2 Å². The standard InChI is InChI=1S/C22H28ClN3O4/c1-14(26-16(3)27)11-28-19-9-17(10-19)12-29-21-20(23)22(25-13-24-21)30-15(2)18-7-5-4-6-8-18/h4-8,13-15,17,19H,9-12H2,1-3H3,(H,26,27)/t14-,15?,17?,19?/m0/s1. The molecule has 1 aromatic carbocycles. The molecule has 1 fully saturated rings. The van der Waals surface area contributed by atoms with E-state index in [1.165, 1.54) is 13.3 Å². The fourth-order valence-corrected chi connectivity index (χ4v) is 3.49. The summed E-state index contributed by atoms with van der Waals surface area (Å²) in [5.74, 6) is 0.962. The van der Waals surface area contributed by atoms with E-state index in [0.717, 1.165) is 18.4 Å². The second-order valence-electron chi connectivity index (χ2n) is 7.67. The number of aromatic nitrogens is 2. The molecule has 0 radical (unpaired) electrons. The van der Waals surface area contributed by atoms with Crippen molar-refractivity contribution in [2.75, 3.05) is 13.2 Å². The van der Waals surface area contributed by atoms with Crippen LogP contribution in [0.3, 0.4) is 0 Å². The third kappa shape index (κ3) is 6.31. The van der Waals surface area contributed by atoms with Gasteiger partial charge in [-0.2, -0.15) is 0 Å².